The van der Waals surface area contributed by atoms with Crippen molar-refractivity contribution in [1.82, 2.24) is 5.32 Å². The van der Waals surface area contributed by atoms with Crippen LogP contribution in [0.3, 0.4) is 0 Å². The van der Waals surface area contributed by atoms with Crippen molar-refractivity contribution in [2.45, 2.75) is 37.8 Å². The first kappa shape index (κ1) is 13.8. The minimum absolute atomic E-state index is 0.0419. The van der Waals surface area contributed by atoms with Crippen LogP contribution in [0.4, 0.5) is 0 Å². The Morgan fingerprint density at radius 3 is 2.37 bits per heavy atom. The summed E-state index contributed by atoms with van der Waals surface area (Å²) in [6.45, 7) is 0. The molecule has 1 saturated carbocycles. The fourth-order valence-electron chi connectivity index (χ4n) is 2.35. The molecule has 1 fully saturated rings. The van der Waals surface area contributed by atoms with Crippen LogP contribution in [0.25, 0.3) is 0 Å². The molecule has 0 spiro atoms. The lowest BCUT2D eigenvalue weighted by atomic mass is 9.93. The molecule has 104 valence electrons. The quantitative estimate of drug-likeness (QED) is 0.811. The summed E-state index contributed by atoms with van der Waals surface area (Å²) in [6.07, 6.45) is 3.73. The molecule has 0 bridgehead atoms. The number of hydrogen-bond donors (Lipinski definition) is 2. The third-order valence-corrected chi connectivity index (χ3v) is 3.55. The molecule has 1 aliphatic rings. The van der Waals surface area contributed by atoms with E-state index in [2.05, 4.69) is 5.32 Å². The number of hydrogen-bond acceptors (Lipinski definition) is 4. The Bertz CT molecular complexity index is 411. The normalized spacial score (nSPS) is 22.8. The van der Waals surface area contributed by atoms with E-state index in [4.69, 9.17) is 15.5 Å². The van der Waals surface area contributed by atoms with Crippen molar-refractivity contribution in [1.29, 1.82) is 0 Å². The lowest BCUT2D eigenvalue weighted by Gasteiger charge is -2.27. The molecule has 5 nitrogen and oxygen atoms in total. The molecule has 1 aliphatic carbocycles. The number of ether oxygens (including phenoxy) is 1. The number of carbonyl (C=O) groups excluding carboxylic acids is 1. The Morgan fingerprint density at radius 2 is 1.84 bits per heavy atom. The van der Waals surface area contributed by atoms with Gasteiger partial charge in [-0.1, -0.05) is 0 Å². The maximum atomic E-state index is 12.1. The van der Waals surface area contributed by atoms with Crippen LogP contribution >= 0.6 is 0 Å². The third-order valence-electron chi connectivity index (χ3n) is 3.55. The molecule has 2 rings (SSSR count). The number of nitrogens with one attached hydrogen (secondary N) is 1. The minimum Gasteiger partial charge on any atom is -0.497 e. The van der Waals surface area contributed by atoms with E-state index >= 15 is 0 Å². The van der Waals surface area contributed by atoms with Crippen molar-refractivity contribution in [3.05, 3.63) is 29.8 Å². The van der Waals surface area contributed by atoms with Crippen molar-refractivity contribution in [3.63, 3.8) is 0 Å². The van der Waals surface area contributed by atoms with Crippen LogP contribution in [0.15, 0.2) is 24.3 Å². The molecule has 0 unspecified atom stereocenters. The van der Waals surface area contributed by atoms with E-state index in [1.165, 1.54) is 0 Å². The second-order valence-corrected chi connectivity index (χ2v) is 4.81. The maximum Gasteiger partial charge on any atom is 0.251 e. The highest BCUT2D eigenvalue weighted by Crippen LogP contribution is 2.20. The Morgan fingerprint density at radius 1 is 1.21 bits per heavy atom. The fraction of sp³-hybridized carbons (Fsp3) is 0.500. The molecule has 3 N–H and O–H groups in total. The van der Waals surface area contributed by atoms with Crippen molar-refractivity contribution in [2.75, 3.05) is 7.11 Å². The van der Waals surface area contributed by atoms with E-state index < -0.39 is 0 Å². The summed E-state index contributed by atoms with van der Waals surface area (Å²) in [5, 5.41) is 3.04. The predicted octanol–water partition coefficient (Wildman–Crippen LogP) is 1.63. The maximum absolute atomic E-state index is 12.1. The summed E-state index contributed by atoms with van der Waals surface area (Å²) in [5.74, 6) is 5.87. The van der Waals surface area contributed by atoms with Crippen LogP contribution in [-0.4, -0.2) is 25.2 Å². The average molecular weight is 264 g/mol. The molecule has 0 heterocycles. The van der Waals surface area contributed by atoms with Gasteiger partial charge < -0.3 is 14.9 Å². The van der Waals surface area contributed by atoms with E-state index in [0.717, 1.165) is 31.4 Å². The first-order chi connectivity index (χ1) is 9.22. The summed E-state index contributed by atoms with van der Waals surface area (Å²) in [5.41, 5.74) is 0.651. The number of rotatable bonds is 4. The standard InChI is InChI=1S/C14H20N2O3/c1-18-12-6-2-10(3-7-12)14(17)16-11-4-8-13(19-15)9-5-11/h2-3,6-7,11,13H,4-5,8-9,15H2,1H3,(H,16,17). The van der Waals surface area contributed by atoms with Crippen LogP contribution in [0, 0.1) is 0 Å². The van der Waals surface area contributed by atoms with Gasteiger partial charge in [0, 0.05) is 11.6 Å². The monoisotopic (exact) mass is 264 g/mol. The average Bonchev–Trinajstić information content (AvgIpc) is 2.48. The molecule has 0 aliphatic heterocycles. The van der Waals surface area contributed by atoms with Gasteiger partial charge in [0.15, 0.2) is 0 Å². The molecule has 19 heavy (non-hydrogen) atoms. The molecule has 1 aromatic carbocycles. The minimum atomic E-state index is -0.0419. The highest BCUT2D eigenvalue weighted by atomic mass is 16.6. The summed E-state index contributed by atoms with van der Waals surface area (Å²) in [4.78, 5) is 16.9. The number of amides is 1. The molecule has 1 amide bonds. The van der Waals surface area contributed by atoms with Crippen LogP contribution in [0.1, 0.15) is 36.0 Å². The molecule has 0 atom stereocenters. The number of methoxy groups -OCH3 is 1. The SMILES string of the molecule is COc1ccc(C(=O)NC2CCC(ON)CC2)cc1. The third kappa shape index (κ3) is 3.68. The summed E-state index contributed by atoms with van der Waals surface area (Å²) in [7, 11) is 1.60. The Kier molecular flexibility index (Phi) is 4.76. The molecular weight excluding hydrogens is 244 g/mol. The zero-order valence-corrected chi connectivity index (χ0v) is 11.1. The van der Waals surface area contributed by atoms with Gasteiger partial charge in [0.05, 0.1) is 13.2 Å². The topological polar surface area (TPSA) is 73.6 Å². The van der Waals surface area contributed by atoms with Crippen LogP contribution in [0.5, 0.6) is 5.75 Å². The number of carbonyl (C=O) groups is 1. The van der Waals surface area contributed by atoms with Gasteiger partial charge in [-0.2, -0.15) is 0 Å². The largest absolute Gasteiger partial charge is 0.497 e. The van der Waals surface area contributed by atoms with Crippen LogP contribution in [-0.2, 0) is 4.84 Å². The smallest absolute Gasteiger partial charge is 0.251 e. The zero-order chi connectivity index (χ0) is 13.7. The summed E-state index contributed by atoms with van der Waals surface area (Å²) < 4.78 is 5.07. The van der Waals surface area contributed by atoms with Gasteiger partial charge in [0.1, 0.15) is 5.75 Å². The van der Waals surface area contributed by atoms with E-state index in [1.54, 1.807) is 31.4 Å². The van der Waals surface area contributed by atoms with E-state index in [0.29, 0.717) is 5.56 Å². The van der Waals surface area contributed by atoms with Crippen molar-refractivity contribution < 1.29 is 14.4 Å². The van der Waals surface area contributed by atoms with E-state index in [9.17, 15) is 4.79 Å². The molecule has 0 radical (unpaired) electrons. The Hall–Kier alpha value is -1.59. The van der Waals surface area contributed by atoms with Gasteiger partial charge in [0.25, 0.3) is 5.91 Å². The van der Waals surface area contributed by atoms with Crippen molar-refractivity contribution in [2.24, 2.45) is 5.90 Å². The number of nitrogens with two attached hydrogens (primary N) is 1. The van der Waals surface area contributed by atoms with Gasteiger partial charge in [0.2, 0.25) is 0 Å². The molecule has 0 saturated heterocycles. The van der Waals surface area contributed by atoms with Gasteiger partial charge in [-0.15, -0.1) is 0 Å². The highest BCUT2D eigenvalue weighted by Gasteiger charge is 2.22. The van der Waals surface area contributed by atoms with Gasteiger partial charge in [-0.25, -0.2) is 5.90 Å². The highest BCUT2D eigenvalue weighted by molar-refractivity contribution is 5.94. The lowest BCUT2D eigenvalue weighted by Crippen LogP contribution is -2.39. The lowest BCUT2D eigenvalue weighted by molar-refractivity contribution is 0.0217. The summed E-state index contributed by atoms with van der Waals surface area (Å²) in [6, 6.07) is 7.31. The number of benzene rings is 1. The zero-order valence-electron chi connectivity index (χ0n) is 11.1. The molecule has 5 heteroatoms. The first-order valence-corrected chi connectivity index (χ1v) is 6.53. The van der Waals surface area contributed by atoms with Gasteiger partial charge >= 0.3 is 0 Å². The van der Waals surface area contributed by atoms with Crippen LogP contribution < -0.4 is 16.0 Å². The molecule has 1 aromatic rings. The van der Waals surface area contributed by atoms with Crippen molar-refractivity contribution in [3.8, 4) is 5.75 Å². The van der Waals surface area contributed by atoms with E-state index in [-0.39, 0.29) is 18.1 Å². The predicted molar refractivity (Wildman–Crippen MR) is 71.8 cm³/mol. The fourth-order valence-corrected chi connectivity index (χ4v) is 2.35. The molecular formula is C14H20N2O3. The van der Waals surface area contributed by atoms with Gasteiger partial charge in [-0.05, 0) is 49.9 Å². The molecule has 0 aromatic heterocycles. The Labute approximate surface area is 113 Å². The second-order valence-electron chi connectivity index (χ2n) is 4.81. The summed E-state index contributed by atoms with van der Waals surface area (Å²) >= 11 is 0. The first-order valence-electron chi connectivity index (χ1n) is 6.53. The Balaban J connectivity index is 1.87. The van der Waals surface area contributed by atoms with E-state index in [1.807, 2.05) is 0 Å². The van der Waals surface area contributed by atoms with Crippen LogP contribution in [0.2, 0.25) is 0 Å². The van der Waals surface area contributed by atoms with Gasteiger partial charge in [-0.3, -0.25) is 4.79 Å². The second kappa shape index (κ2) is 6.54. The van der Waals surface area contributed by atoms with Crippen molar-refractivity contribution >= 4 is 5.91 Å².